The highest BCUT2D eigenvalue weighted by molar-refractivity contribution is 7.89. The minimum atomic E-state index is -3.55. The zero-order valence-corrected chi connectivity index (χ0v) is 18.4. The van der Waals surface area contributed by atoms with Crippen molar-refractivity contribution in [1.29, 1.82) is 0 Å². The van der Waals surface area contributed by atoms with Gasteiger partial charge in [-0.3, -0.25) is 4.79 Å². The third-order valence-corrected chi connectivity index (χ3v) is 7.83. The smallest absolute Gasteiger partial charge is 0.275 e. The summed E-state index contributed by atoms with van der Waals surface area (Å²) < 4.78 is 32.5. The number of nitrogens with one attached hydrogen (secondary N) is 1. The molecule has 1 aliphatic heterocycles. The topological polar surface area (TPSA) is 92.5 Å². The van der Waals surface area contributed by atoms with Crippen LogP contribution in [0.2, 0.25) is 0 Å². The predicted molar refractivity (Wildman–Crippen MR) is 116 cm³/mol. The highest BCUT2D eigenvalue weighted by Gasteiger charge is 2.31. The van der Waals surface area contributed by atoms with E-state index in [9.17, 15) is 13.2 Å². The highest BCUT2D eigenvalue weighted by atomic mass is 32.2. The summed E-state index contributed by atoms with van der Waals surface area (Å²) in [6.45, 7) is 5.22. The molecule has 1 N–H and O–H groups in total. The third kappa shape index (κ3) is 4.33. The van der Waals surface area contributed by atoms with Crippen molar-refractivity contribution in [3.63, 3.8) is 0 Å². The van der Waals surface area contributed by atoms with Crippen molar-refractivity contribution in [2.75, 3.05) is 18.4 Å². The van der Waals surface area contributed by atoms with Gasteiger partial charge in [-0.15, -0.1) is 11.3 Å². The van der Waals surface area contributed by atoms with Crippen molar-refractivity contribution >= 4 is 33.0 Å². The van der Waals surface area contributed by atoms with Crippen molar-refractivity contribution in [2.45, 2.75) is 25.2 Å². The molecule has 3 aromatic rings. The first-order chi connectivity index (χ1) is 14.3. The molecule has 1 aliphatic rings. The molecule has 1 amide bonds. The molecular weight excluding hydrogens is 422 g/mol. The third-order valence-electron chi connectivity index (χ3n) is 5.09. The zero-order valence-electron chi connectivity index (χ0n) is 16.7. The zero-order chi connectivity index (χ0) is 21.3. The van der Waals surface area contributed by atoms with E-state index in [1.807, 2.05) is 0 Å². The molecule has 2 unspecified atom stereocenters. The van der Waals surface area contributed by atoms with Gasteiger partial charge in [-0.25, -0.2) is 13.4 Å². The highest BCUT2D eigenvalue weighted by Crippen LogP contribution is 2.28. The van der Waals surface area contributed by atoms with Gasteiger partial charge < -0.3 is 9.73 Å². The van der Waals surface area contributed by atoms with Crippen LogP contribution in [0.25, 0.3) is 10.6 Å². The number of piperidine rings is 1. The lowest BCUT2D eigenvalue weighted by atomic mass is 9.94. The molecule has 0 saturated carbocycles. The molecule has 1 aromatic carbocycles. The van der Waals surface area contributed by atoms with E-state index in [1.54, 1.807) is 40.4 Å². The lowest BCUT2D eigenvalue weighted by Gasteiger charge is -2.34. The Balaban J connectivity index is 1.45. The number of carbonyl (C=O) groups excluding carboxylic acids is 1. The first-order valence-electron chi connectivity index (χ1n) is 9.72. The number of thiazole rings is 1. The summed E-state index contributed by atoms with van der Waals surface area (Å²) >= 11 is 1.35. The largest absolute Gasteiger partial charge is 0.472 e. The minimum absolute atomic E-state index is 0.234. The number of carbonyl (C=O) groups is 1. The molecule has 2 aromatic heterocycles. The molecular formula is C21H23N3O4S2. The molecule has 0 bridgehead atoms. The Morgan fingerprint density at radius 2 is 1.87 bits per heavy atom. The first kappa shape index (κ1) is 20.8. The summed E-state index contributed by atoms with van der Waals surface area (Å²) in [6, 6.07) is 8.05. The second-order valence-electron chi connectivity index (χ2n) is 7.80. The van der Waals surface area contributed by atoms with Crippen LogP contribution >= 0.6 is 11.3 Å². The number of hydrogen-bond donors (Lipinski definition) is 1. The predicted octanol–water partition coefficient (Wildman–Crippen LogP) is 4.32. The number of nitrogens with zero attached hydrogens (tertiary/aromatic N) is 2. The number of sulfonamides is 1. The number of rotatable bonds is 5. The molecule has 9 heteroatoms. The van der Waals surface area contributed by atoms with E-state index in [-0.39, 0.29) is 10.8 Å². The Labute approximate surface area is 179 Å². The summed E-state index contributed by atoms with van der Waals surface area (Å²) in [7, 11) is -3.55. The van der Waals surface area contributed by atoms with Gasteiger partial charge >= 0.3 is 0 Å². The number of hydrogen-bond acceptors (Lipinski definition) is 6. The maximum Gasteiger partial charge on any atom is 0.275 e. The van der Waals surface area contributed by atoms with E-state index in [0.29, 0.717) is 41.3 Å². The Bertz CT molecular complexity index is 1110. The van der Waals surface area contributed by atoms with Crippen LogP contribution in [0, 0.1) is 11.8 Å². The maximum absolute atomic E-state index is 13.0. The minimum Gasteiger partial charge on any atom is -0.472 e. The normalized spacial score (nSPS) is 20.2. The standard InChI is InChI=1S/C21H23N3O4S2/c1-14-9-15(2)11-24(10-14)30(26,27)18-5-3-17(4-6-18)22-20(25)19-13-29-21(23-19)16-7-8-28-12-16/h3-8,12-15H,9-11H2,1-2H3,(H,22,25). The maximum atomic E-state index is 13.0. The van der Waals surface area contributed by atoms with Gasteiger partial charge in [0.25, 0.3) is 5.91 Å². The van der Waals surface area contributed by atoms with Gasteiger partial charge in [0.15, 0.2) is 0 Å². The fourth-order valence-electron chi connectivity index (χ4n) is 3.75. The Morgan fingerprint density at radius 3 is 2.50 bits per heavy atom. The van der Waals surface area contributed by atoms with Crippen molar-refractivity contribution in [2.24, 2.45) is 11.8 Å². The van der Waals surface area contributed by atoms with E-state index in [0.717, 1.165) is 12.0 Å². The van der Waals surface area contributed by atoms with Gasteiger partial charge in [-0.2, -0.15) is 4.31 Å². The van der Waals surface area contributed by atoms with Gasteiger partial charge in [0.2, 0.25) is 10.0 Å². The summed E-state index contributed by atoms with van der Waals surface area (Å²) in [5.74, 6) is 0.328. The summed E-state index contributed by atoms with van der Waals surface area (Å²) in [4.78, 5) is 17.0. The molecule has 2 atom stereocenters. The van der Waals surface area contributed by atoms with Crippen molar-refractivity contribution < 1.29 is 17.6 Å². The fourth-order valence-corrected chi connectivity index (χ4v) is 6.22. The fraction of sp³-hybridized carbons (Fsp3) is 0.333. The molecule has 0 radical (unpaired) electrons. The quantitative estimate of drug-likeness (QED) is 0.631. The molecule has 30 heavy (non-hydrogen) atoms. The molecule has 0 aliphatic carbocycles. The number of benzene rings is 1. The number of amides is 1. The van der Waals surface area contributed by atoms with Gasteiger partial charge in [-0.05, 0) is 48.6 Å². The molecule has 158 valence electrons. The number of anilines is 1. The van der Waals surface area contributed by atoms with Gasteiger partial charge in [0, 0.05) is 29.7 Å². The number of aromatic nitrogens is 1. The average Bonchev–Trinajstić information content (AvgIpc) is 3.39. The molecule has 4 rings (SSSR count). The Hall–Kier alpha value is -2.49. The van der Waals surface area contributed by atoms with E-state index in [1.165, 1.54) is 23.5 Å². The summed E-state index contributed by atoms with van der Waals surface area (Å²) in [6.07, 6.45) is 4.16. The van der Waals surface area contributed by atoms with Crippen LogP contribution in [0.4, 0.5) is 5.69 Å². The van der Waals surface area contributed by atoms with E-state index >= 15 is 0 Å². The summed E-state index contributed by atoms with van der Waals surface area (Å²) in [5, 5.41) is 5.13. The van der Waals surface area contributed by atoms with Crippen molar-refractivity contribution in [3.8, 4) is 10.6 Å². The van der Waals surface area contributed by atoms with E-state index in [2.05, 4.69) is 24.1 Å². The molecule has 3 heterocycles. The SMILES string of the molecule is CC1CC(C)CN(S(=O)(=O)c2ccc(NC(=O)c3csc(-c4ccoc4)n3)cc2)C1. The lowest BCUT2D eigenvalue weighted by molar-refractivity contribution is 0.102. The monoisotopic (exact) mass is 445 g/mol. The second kappa shape index (κ2) is 8.33. The van der Waals surface area contributed by atoms with Crippen LogP contribution < -0.4 is 5.32 Å². The van der Waals surface area contributed by atoms with Crippen LogP contribution in [0.1, 0.15) is 30.8 Å². The van der Waals surface area contributed by atoms with Gasteiger partial charge in [0.1, 0.15) is 17.0 Å². The second-order valence-corrected chi connectivity index (χ2v) is 10.6. The molecule has 0 spiro atoms. The van der Waals surface area contributed by atoms with Crippen LogP contribution in [-0.2, 0) is 10.0 Å². The van der Waals surface area contributed by atoms with Crippen LogP contribution in [0.3, 0.4) is 0 Å². The average molecular weight is 446 g/mol. The van der Waals surface area contributed by atoms with Gasteiger partial charge in [-0.1, -0.05) is 13.8 Å². The van der Waals surface area contributed by atoms with Crippen LogP contribution in [-0.4, -0.2) is 36.7 Å². The Morgan fingerprint density at radius 1 is 1.17 bits per heavy atom. The van der Waals surface area contributed by atoms with Crippen molar-refractivity contribution in [3.05, 3.63) is 53.9 Å². The summed E-state index contributed by atoms with van der Waals surface area (Å²) in [5.41, 5.74) is 1.62. The Kier molecular flexibility index (Phi) is 5.77. The molecule has 7 nitrogen and oxygen atoms in total. The lowest BCUT2D eigenvalue weighted by Crippen LogP contribution is -2.42. The molecule has 1 saturated heterocycles. The van der Waals surface area contributed by atoms with E-state index in [4.69, 9.17) is 4.42 Å². The first-order valence-corrected chi connectivity index (χ1v) is 12.0. The van der Waals surface area contributed by atoms with Crippen LogP contribution in [0.5, 0.6) is 0 Å². The molecule has 1 fully saturated rings. The van der Waals surface area contributed by atoms with Gasteiger partial charge in [0.05, 0.1) is 11.2 Å². The van der Waals surface area contributed by atoms with E-state index < -0.39 is 10.0 Å². The van der Waals surface area contributed by atoms with Crippen LogP contribution in [0.15, 0.2) is 57.6 Å². The number of furan rings is 1. The van der Waals surface area contributed by atoms with Crippen molar-refractivity contribution in [1.82, 2.24) is 9.29 Å².